The second-order valence-corrected chi connectivity index (χ2v) is 4.12. The Labute approximate surface area is 115 Å². The maximum absolute atomic E-state index is 11.6. The van der Waals surface area contributed by atoms with Crippen LogP contribution >= 0.6 is 0 Å². The van der Waals surface area contributed by atoms with E-state index in [2.05, 4.69) is 15.5 Å². The summed E-state index contributed by atoms with van der Waals surface area (Å²) in [6.45, 7) is 1.44. The molecule has 0 aliphatic carbocycles. The molecule has 1 aromatic carbocycles. The molecule has 0 unspecified atom stereocenters. The first kappa shape index (κ1) is 14.0. The van der Waals surface area contributed by atoms with Crippen LogP contribution in [0.1, 0.15) is 23.3 Å². The van der Waals surface area contributed by atoms with Crippen LogP contribution in [0.4, 0.5) is 4.79 Å². The standard InChI is InChI=1S/C13H15N3O4/c1-9-14-12(20-16-9)11(7-17)15-13(18)19-8-10-5-3-2-4-6-10/h2-6,11,17H,7-8H2,1H3,(H,15,18)/t11-/m0/s1. The van der Waals surface area contributed by atoms with Crippen LogP contribution in [0.15, 0.2) is 34.9 Å². The molecule has 0 saturated carbocycles. The van der Waals surface area contributed by atoms with E-state index >= 15 is 0 Å². The van der Waals surface area contributed by atoms with Gasteiger partial charge >= 0.3 is 6.09 Å². The van der Waals surface area contributed by atoms with Gasteiger partial charge in [0, 0.05) is 0 Å². The molecule has 1 atom stereocenters. The highest BCUT2D eigenvalue weighted by atomic mass is 16.5. The number of nitrogens with zero attached hydrogens (tertiary/aromatic N) is 2. The van der Waals surface area contributed by atoms with Crippen molar-refractivity contribution in [3.63, 3.8) is 0 Å². The van der Waals surface area contributed by atoms with E-state index in [0.717, 1.165) is 5.56 Å². The van der Waals surface area contributed by atoms with Crippen molar-refractivity contribution in [3.8, 4) is 0 Å². The maximum atomic E-state index is 11.6. The molecule has 2 N–H and O–H groups in total. The summed E-state index contributed by atoms with van der Waals surface area (Å²) in [4.78, 5) is 15.6. The molecule has 2 rings (SSSR count). The van der Waals surface area contributed by atoms with E-state index < -0.39 is 12.1 Å². The molecule has 1 heterocycles. The monoisotopic (exact) mass is 277 g/mol. The number of ether oxygens (including phenoxy) is 1. The van der Waals surface area contributed by atoms with Gasteiger partial charge in [-0.05, 0) is 12.5 Å². The quantitative estimate of drug-likeness (QED) is 0.855. The van der Waals surface area contributed by atoms with Crippen LogP contribution in [0.5, 0.6) is 0 Å². The first-order chi connectivity index (χ1) is 9.69. The third kappa shape index (κ3) is 3.79. The zero-order valence-electron chi connectivity index (χ0n) is 10.9. The number of hydrogen-bond donors (Lipinski definition) is 2. The van der Waals surface area contributed by atoms with Crippen LogP contribution < -0.4 is 5.32 Å². The highest BCUT2D eigenvalue weighted by Crippen LogP contribution is 2.10. The molecule has 1 aromatic heterocycles. The summed E-state index contributed by atoms with van der Waals surface area (Å²) in [5.74, 6) is 0.569. The summed E-state index contributed by atoms with van der Waals surface area (Å²) in [6.07, 6.45) is -0.663. The van der Waals surface area contributed by atoms with Gasteiger partial charge in [-0.1, -0.05) is 35.5 Å². The molecule has 2 aromatic rings. The second-order valence-electron chi connectivity index (χ2n) is 4.12. The maximum Gasteiger partial charge on any atom is 0.408 e. The van der Waals surface area contributed by atoms with Gasteiger partial charge in [0.25, 0.3) is 5.89 Å². The number of alkyl carbamates (subject to hydrolysis) is 1. The summed E-state index contributed by atoms with van der Waals surface area (Å²) in [7, 11) is 0. The van der Waals surface area contributed by atoms with Gasteiger partial charge in [-0.25, -0.2) is 4.79 Å². The predicted octanol–water partition coefficient (Wildman–Crippen LogP) is 1.34. The third-order valence-electron chi connectivity index (χ3n) is 2.53. The van der Waals surface area contributed by atoms with E-state index in [1.807, 2.05) is 30.3 Å². The molecule has 0 saturated heterocycles. The Hall–Kier alpha value is -2.41. The smallest absolute Gasteiger partial charge is 0.408 e. The first-order valence-corrected chi connectivity index (χ1v) is 6.07. The zero-order valence-corrected chi connectivity index (χ0v) is 10.9. The van der Waals surface area contributed by atoms with Gasteiger partial charge in [-0.3, -0.25) is 0 Å². The molecule has 0 bridgehead atoms. The average molecular weight is 277 g/mol. The Morgan fingerprint density at radius 2 is 2.20 bits per heavy atom. The molecule has 1 amide bonds. The fourth-order valence-electron chi connectivity index (χ4n) is 1.55. The van der Waals surface area contributed by atoms with Crippen molar-refractivity contribution in [2.45, 2.75) is 19.6 Å². The second kappa shape index (κ2) is 6.67. The fourth-order valence-corrected chi connectivity index (χ4v) is 1.55. The van der Waals surface area contributed by atoms with Crippen LogP contribution in [-0.2, 0) is 11.3 Å². The minimum atomic E-state index is -0.778. The van der Waals surface area contributed by atoms with Crippen molar-refractivity contribution in [3.05, 3.63) is 47.6 Å². The highest BCUT2D eigenvalue weighted by Gasteiger charge is 2.20. The number of rotatable bonds is 5. The summed E-state index contributed by atoms with van der Waals surface area (Å²) in [5, 5.41) is 15.3. The van der Waals surface area contributed by atoms with Crippen molar-refractivity contribution in [1.29, 1.82) is 0 Å². The molecule has 0 fully saturated rings. The number of aromatic nitrogens is 2. The number of amides is 1. The van der Waals surface area contributed by atoms with E-state index in [-0.39, 0.29) is 19.1 Å². The normalized spacial score (nSPS) is 11.9. The van der Waals surface area contributed by atoms with Crippen molar-refractivity contribution in [2.24, 2.45) is 0 Å². The van der Waals surface area contributed by atoms with E-state index in [1.54, 1.807) is 6.92 Å². The van der Waals surface area contributed by atoms with E-state index in [1.165, 1.54) is 0 Å². The lowest BCUT2D eigenvalue weighted by Gasteiger charge is -2.12. The summed E-state index contributed by atoms with van der Waals surface area (Å²) in [5.41, 5.74) is 0.872. The molecular weight excluding hydrogens is 262 g/mol. The Bertz CT molecular complexity index is 556. The lowest BCUT2D eigenvalue weighted by molar-refractivity contribution is 0.124. The van der Waals surface area contributed by atoms with Crippen LogP contribution in [0.2, 0.25) is 0 Å². The Balaban J connectivity index is 1.86. The van der Waals surface area contributed by atoms with Crippen LogP contribution in [0, 0.1) is 6.92 Å². The molecule has 20 heavy (non-hydrogen) atoms. The van der Waals surface area contributed by atoms with Crippen molar-refractivity contribution >= 4 is 6.09 Å². The van der Waals surface area contributed by atoms with Crippen LogP contribution in [0.3, 0.4) is 0 Å². The summed E-state index contributed by atoms with van der Waals surface area (Å²) < 4.78 is 9.93. The molecule has 0 aliphatic rings. The SMILES string of the molecule is Cc1noc([C@H](CO)NC(=O)OCc2ccccc2)n1. The fraction of sp³-hybridized carbons (Fsp3) is 0.308. The molecule has 0 aliphatic heterocycles. The number of nitrogens with one attached hydrogen (secondary N) is 1. The molecular formula is C13H15N3O4. The number of benzene rings is 1. The number of aliphatic hydroxyl groups is 1. The molecule has 106 valence electrons. The van der Waals surface area contributed by atoms with Crippen LogP contribution in [0.25, 0.3) is 0 Å². The largest absolute Gasteiger partial charge is 0.445 e. The van der Waals surface area contributed by atoms with Gasteiger partial charge in [0.15, 0.2) is 5.82 Å². The van der Waals surface area contributed by atoms with Gasteiger partial charge in [0.2, 0.25) is 0 Å². The average Bonchev–Trinajstić information content (AvgIpc) is 2.90. The number of carbonyl (C=O) groups excluding carboxylic acids is 1. The highest BCUT2D eigenvalue weighted by molar-refractivity contribution is 5.67. The van der Waals surface area contributed by atoms with Gasteiger partial charge in [-0.15, -0.1) is 0 Å². The van der Waals surface area contributed by atoms with E-state index in [0.29, 0.717) is 5.82 Å². The summed E-state index contributed by atoms with van der Waals surface area (Å²) >= 11 is 0. The Morgan fingerprint density at radius 3 is 2.80 bits per heavy atom. The Kier molecular flexibility index (Phi) is 4.67. The van der Waals surface area contributed by atoms with Gasteiger partial charge < -0.3 is 19.7 Å². The topological polar surface area (TPSA) is 97.5 Å². The lowest BCUT2D eigenvalue weighted by Crippen LogP contribution is -2.31. The molecule has 0 spiro atoms. The van der Waals surface area contributed by atoms with Crippen molar-refractivity contribution in [1.82, 2.24) is 15.5 Å². The van der Waals surface area contributed by atoms with Crippen molar-refractivity contribution < 1.29 is 19.2 Å². The number of aryl methyl sites for hydroxylation is 1. The first-order valence-electron chi connectivity index (χ1n) is 6.07. The van der Waals surface area contributed by atoms with Gasteiger partial charge in [-0.2, -0.15) is 4.98 Å². The minimum Gasteiger partial charge on any atom is -0.445 e. The van der Waals surface area contributed by atoms with Gasteiger partial charge in [0.1, 0.15) is 12.6 Å². The lowest BCUT2D eigenvalue weighted by atomic mass is 10.2. The third-order valence-corrected chi connectivity index (χ3v) is 2.53. The molecule has 7 nitrogen and oxygen atoms in total. The van der Waals surface area contributed by atoms with E-state index in [4.69, 9.17) is 9.26 Å². The minimum absolute atomic E-state index is 0.140. The van der Waals surface area contributed by atoms with E-state index in [9.17, 15) is 9.90 Å². The number of hydrogen-bond acceptors (Lipinski definition) is 6. The molecule has 0 radical (unpaired) electrons. The van der Waals surface area contributed by atoms with Crippen LogP contribution in [-0.4, -0.2) is 27.9 Å². The Morgan fingerprint density at radius 1 is 1.45 bits per heavy atom. The molecule has 7 heteroatoms. The summed E-state index contributed by atoms with van der Waals surface area (Å²) in [6, 6.07) is 8.50. The number of aliphatic hydroxyl groups excluding tert-OH is 1. The zero-order chi connectivity index (χ0) is 14.4. The van der Waals surface area contributed by atoms with Gasteiger partial charge in [0.05, 0.1) is 6.61 Å². The van der Waals surface area contributed by atoms with Crippen molar-refractivity contribution in [2.75, 3.05) is 6.61 Å². The predicted molar refractivity (Wildman–Crippen MR) is 68.6 cm³/mol. The number of carbonyl (C=O) groups is 1.